The van der Waals surface area contributed by atoms with Crippen LogP contribution >= 0.6 is 0 Å². The molecule has 9 heteroatoms. The van der Waals surface area contributed by atoms with Gasteiger partial charge in [0.2, 0.25) is 5.91 Å². The van der Waals surface area contributed by atoms with Gasteiger partial charge in [0.05, 0.1) is 24.1 Å². The molecule has 0 fully saturated rings. The molecule has 1 aliphatic heterocycles. The van der Waals surface area contributed by atoms with E-state index in [-0.39, 0.29) is 17.5 Å². The lowest BCUT2D eigenvalue weighted by molar-refractivity contribution is -0.128. The van der Waals surface area contributed by atoms with Crippen LogP contribution in [0.3, 0.4) is 0 Å². The second-order valence-corrected chi connectivity index (χ2v) is 8.81. The molecule has 2 N–H and O–H groups in total. The van der Waals surface area contributed by atoms with E-state index in [1.54, 1.807) is 19.0 Å². The van der Waals surface area contributed by atoms with E-state index in [0.717, 1.165) is 16.9 Å². The fourth-order valence-electron chi connectivity index (χ4n) is 3.97. The first-order valence-corrected chi connectivity index (χ1v) is 11.8. The number of ether oxygens (including phenoxy) is 1. The highest BCUT2D eigenvalue weighted by atomic mass is 16.5. The number of carbonyl (C=O) groups excluding carboxylic acids is 3. The average Bonchev–Trinajstić information content (AvgIpc) is 3.24. The van der Waals surface area contributed by atoms with Gasteiger partial charge in [-0.05, 0) is 35.9 Å². The van der Waals surface area contributed by atoms with Crippen LogP contribution in [0.5, 0.6) is 0 Å². The van der Waals surface area contributed by atoms with Gasteiger partial charge in [0.1, 0.15) is 5.69 Å². The van der Waals surface area contributed by atoms with Crippen LogP contribution < -0.4 is 15.5 Å². The highest BCUT2D eigenvalue weighted by Crippen LogP contribution is 2.37. The Morgan fingerprint density at radius 3 is 2.38 bits per heavy atom. The van der Waals surface area contributed by atoms with Gasteiger partial charge >= 0.3 is 5.97 Å². The fraction of sp³-hybridized carbons (Fsp3) is 0.214. The molecule has 0 saturated carbocycles. The van der Waals surface area contributed by atoms with E-state index in [1.165, 1.54) is 19.4 Å². The first-order chi connectivity index (χ1) is 17.8. The summed E-state index contributed by atoms with van der Waals surface area (Å²) in [4.78, 5) is 44.7. The van der Waals surface area contributed by atoms with Gasteiger partial charge in [-0.2, -0.15) is 0 Å². The molecule has 0 aliphatic carbocycles. The molecular formula is C28H29N5O4. The number of amides is 2. The minimum Gasteiger partial charge on any atom is -0.464 e. The molecule has 3 aromatic rings. The highest BCUT2D eigenvalue weighted by Gasteiger charge is 2.30. The third-order valence-electron chi connectivity index (χ3n) is 6.09. The maximum absolute atomic E-state index is 13.1. The minimum absolute atomic E-state index is 0.0765. The number of anilines is 3. The molecule has 9 nitrogen and oxygen atoms in total. The largest absolute Gasteiger partial charge is 0.464 e. The van der Waals surface area contributed by atoms with E-state index in [9.17, 15) is 14.4 Å². The number of nitrogens with one attached hydrogen (secondary N) is 2. The zero-order valence-corrected chi connectivity index (χ0v) is 21.2. The molecule has 2 heterocycles. The van der Waals surface area contributed by atoms with E-state index in [0.29, 0.717) is 35.5 Å². The van der Waals surface area contributed by atoms with Crippen molar-refractivity contribution in [2.75, 3.05) is 50.3 Å². The summed E-state index contributed by atoms with van der Waals surface area (Å²) in [6, 6.07) is 18.8. The molecule has 1 aliphatic rings. The number of nitrogens with zero attached hydrogens (tertiary/aromatic N) is 3. The smallest absolute Gasteiger partial charge is 0.356 e. The van der Waals surface area contributed by atoms with Gasteiger partial charge in [0.15, 0.2) is 0 Å². The number of aromatic nitrogens is 1. The van der Waals surface area contributed by atoms with Gasteiger partial charge in [-0.1, -0.05) is 30.3 Å². The predicted molar refractivity (Wildman–Crippen MR) is 144 cm³/mol. The molecule has 0 saturated heterocycles. The molecule has 2 amide bonds. The summed E-state index contributed by atoms with van der Waals surface area (Å²) in [7, 11) is 6.72. The van der Waals surface area contributed by atoms with E-state index in [2.05, 4.69) is 15.6 Å². The Bertz CT molecular complexity index is 1350. The maximum Gasteiger partial charge on any atom is 0.356 e. The number of benzene rings is 2. The summed E-state index contributed by atoms with van der Waals surface area (Å²) in [5, 5.41) is 6.24. The Hall–Kier alpha value is -4.66. The number of fused-ring (bicyclic) bond motifs is 1. The first-order valence-electron chi connectivity index (χ1n) is 11.8. The standard InChI is InChI=1S/C28H29N5O4/c1-32(2)24(34)14-15-33(3)20-12-10-19(11-13-20)30-26(18-8-6-5-7-9-18)25-21-17-29-23(28(36)37-4)16-22(21)31-27(25)35/h5-13,16-17,30H,14-15H2,1-4H3,(H,31,35)/b26-25+. The quantitative estimate of drug-likeness (QED) is 0.360. The second-order valence-electron chi connectivity index (χ2n) is 8.81. The first kappa shape index (κ1) is 25.4. The number of hydrogen-bond acceptors (Lipinski definition) is 7. The van der Waals surface area contributed by atoms with Crippen molar-refractivity contribution in [3.8, 4) is 0 Å². The molecule has 4 rings (SSSR count). The van der Waals surface area contributed by atoms with Crippen molar-refractivity contribution in [3.05, 3.63) is 83.7 Å². The van der Waals surface area contributed by atoms with Crippen molar-refractivity contribution < 1.29 is 19.1 Å². The monoisotopic (exact) mass is 499 g/mol. The number of methoxy groups -OCH3 is 1. The number of esters is 1. The van der Waals surface area contributed by atoms with Crippen LogP contribution in [-0.4, -0.2) is 62.5 Å². The van der Waals surface area contributed by atoms with Gasteiger partial charge in [-0.25, -0.2) is 9.78 Å². The van der Waals surface area contributed by atoms with E-state index >= 15 is 0 Å². The Kier molecular flexibility index (Phi) is 7.52. The van der Waals surface area contributed by atoms with E-state index in [4.69, 9.17) is 4.74 Å². The van der Waals surface area contributed by atoms with Crippen LogP contribution in [0.1, 0.15) is 28.0 Å². The van der Waals surface area contributed by atoms with Gasteiger partial charge < -0.3 is 25.2 Å². The summed E-state index contributed by atoms with van der Waals surface area (Å²) in [5.41, 5.74) is 4.81. The molecule has 0 atom stereocenters. The SMILES string of the molecule is COC(=O)c1cc2c(cn1)/C(=C(\Nc1ccc(N(C)CCC(=O)N(C)C)cc1)c1ccccc1)C(=O)N2. The van der Waals surface area contributed by atoms with Crippen molar-refractivity contribution in [1.29, 1.82) is 0 Å². The minimum atomic E-state index is -0.577. The van der Waals surface area contributed by atoms with E-state index < -0.39 is 5.97 Å². The van der Waals surface area contributed by atoms with Crippen molar-refractivity contribution in [2.45, 2.75) is 6.42 Å². The van der Waals surface area contributed by atoms with Gasteiger partial charge in [0, 0.05) is 57.2 Å². The van der Waals surface area contributed by atoms with Crippen molar-refractivity contribution >= 4 is 46.1 Å². The van der Waals surface area contributed by atoms with Crippen LogP contribution in [0.4, 0.5) is 17.1 Å². The summed E-state index contributed by atoms with van der Waals surface area (Å²) >= 11 is 0. The normalized spacial score (nSPS) is 13.4. The molecule has 0 spiro atoms. The van der Waals surface area contributed by atoms with Gasteiger partial charge in [-0.3, -0.25) is 9.59 Å². The molecule has 190 valence electrons. The van der Waals surface area contributed by atoms with Crippen LogP contribution in [0, 0.1) is 0 Å². The van der Waals surface area contributed by atoms with Crippen LogP contribution in [0.15, 0.2) is 66.9 Å². The average molecular weight is 500 g/mol. The lowest BCUT2D eigenvalue weighted by Gasteiger charge is -2.21. The number of pyridine rings is 1. The molecule has 0 radical (unpaired) electrons. The topological polar surface area (TPSA) is 104 Å². The van der Waals surface area contributed by atoms with Gasteiger partial charge in [0.25, 0.3) is 5.91 Å². The lowest BCUT2D eigenvalue weighted by Crippen LogP contribution is -2.27. The van der Waals surface area contributed by atoms with Crippen molar-refractivity contribution in [3.63, 3.8) is 0 Å². The van der Waals surface area contributed by atoms with E-state index in [1.807, 2.05) is 66.5 Å². The van der Waals surface area contributed by atoms with Crippen LogP contribution in [-0.2, 0) is 14.3 Å². The second kappa shape index (κ2) is 10.9. The van der Waals surface area contributed by atoms with Crippen molar-refractivity contribution in [1.82, 2.24) is 9.88 Å². The van der Waals surface area contributed by atoms with Crippen LogP contribution in [0.2, 0.25) is 0 Å². The maximum atomic E-state index is 13.1. The number of rotatable bonds is 8. The van der Waals surface area contributed by atoms with Gasteiger partial charge in [-0.15, -0.1) is 0 Å². The van der Waals surface area contributed by atoms with Crippen LogP contribution in [0.25, 0.3) is 11.3 Å². The molecule has 2 aromatic carbocycles. The molecule has 0 unspecified atom stereocenters. The highest BCUT2D eigenvalue weighted by molar-refractivity contribution is 6.37. The predicted octanol–water partition coefficient (Wildman–Crippen LogP) is 3.72. The zero-order chi connectivity index (χ0) is 26.5. The molecule has 37 heavy (non-hydrogen) atoms. The third-order valence-corrected chi connectivity index (χ3v) is 6.09. The molecular weight excluding hydrogens is 470 g/mol. The molecule has 0 bridgehead atoms. The summed E-state index contributed by atoms with van der Waals surface area (Å²) in [6.07, 6.45) is 1.93. The zero-order valence-electron chi connectivity index (χ0n) is 21.2. The summed E-state index contributed by atoms with van der Waals surface area (Å²) < 4.78 is 4.75. The summed E-state index contributed by atoms with van der Waals surface area (Å²) in [5.74, 6) is -0.799. The fourth-order valence-corrected chi connectivity index (χ4v) is 3.97. The van der Waals surface area contributed by atoms with Crippen molar-refractivity contribution in [2.24, 2.45) is 0 Å². The Morgan fingerprint density at radius 2 is 1.73 bits per heavy atom. The third kappa shape index (κ3) is 5.61. The Labute approximate surface area is 215 Å². The number of hydrogen-bond donors (Lipinski definition) is 2. The number of carbonyl (C=O) groups is 3. The summed E-state index contributed by atoms with van der Waals surface area (Å²) in [6.45, 7) is 0.598. The molecule has 1 aromatic heterocycles. The lowest BCUT2D eigenvalue weighted by atomic mass is 10.0. The Balaban J connectivity index is 1.65. The Morgan fingerprint density at radius 1 is 1.03 bits per heavy atom.